The first kappa shape index (κ1) is 10.1. The van der Waals surface area contributed by atoms with Gasteiger partial charge in [-0.25, -0.2) is 0 Å². The summed E-state index contributed by atoms with van der Waals surface area (Å²) < 4.78 is 0. The van der Waals surface area contributed by atoms with Crippen molar-refractivity contribution in [2.24, 2.45) is 23.2 Å². The van der Waals surface area contributed by atoms with Crippen molar-refractivity contribution in [2.45, 2.75) is 46.0 Å². The van der Waals surface area contributed by atoms with Gasteiger partial charge in [0.2, 0.25) is 0 Å². The van der Waals surface area contributed by atoms with Gasteiger partial charge < -0.3 is 4.90 Å². The summed E-state index contributed by atoms with van der Waals surface area (Å²) in [6.45, 7) is 9.11. The molecule has 86 valence electrons. The van der Waals surface area contributed by atoms with Crippen molar-refractivity contribution in [3.63, 3.8) is 0 Å². The molecule has 2 atom stereocenters. The van der Waals surface area contributed by atoms with Gasteiger partial charge in [0, 0.05) is 19.6 Å². The quantitative estimate of drug-likeness (QED) is 0.687. The minimum atomic E-state index is 0.735. The van der Waals surface area contributed by atoms with Gasteiger partial charge in [-0.3, -0.25) is 0 Å². The van der Waals surface area contributed by atoms with Gasteiger partial charge in [0.05, 0.1) is 0 Å². The van der Waals surface area contributed by atoms with Gasteiger partial charge in [-0.2, -0.15) is 0 Å². The lowest BCUT2D eigenvalue weighted by Gasteiger charge is -2.26. The fraction of sp³-hybridized carbons (Fsp3) is 1.00. The fourth-order valence-corrected chi connectivity index (χ4v) is 3.99. The van der Waals surface area contributed by atoms with Crippen molar-refractivity contribution in [3.05, 3.63) is 0 Å². The molecule has 0 aromatic carbocycles. The molecule has 1 nitrogen and oxygen atoms in total. The van der Waals surface area contributed by atoms with Crippen molar-refractivity contribution in [1.29, 1.82) is 0 Å². The zero-order valence-electron chi connectivity index (χ0n) is 10.3. The summed E-state index contributed by atoms with van der Waals surface area (Å²) in [7, 11) is 0. The lowest BCUT2D eigenvalue weighted by Crippen LogP contribution is -2.31. The van der Waals surface area contributed by atoms with E-state index >= 15 is 0 Å². The lowest BCUT2D eigenvalue weighted by molar-refractivity contribution is 0.206. The van der Waals surface area contributed by atoms with E-state index in [-0.39, 0.29) is 0 Å². The smallest absolute Gasteiger partial charge is 0.00407 e. The molecule has 2 aliphatic carbocycles. The number of fused-ring (bicyclic) bond motifs is 1. The van der Waals surface area contributed by atoms with Gasteiger partial charge >= 0.3 is 0 Å². The summed E-state index contributed by atoms with van der Waals surface area (Å²) in [6.07, 6.45) is 7.55. The molecule has 3 fully saturated rings. The van der Waals surface area contributed by atoms with E-state index in [1.165, 1.54) is 51.7 Å². The Morgan fingerprint density at radius 2 is 1.73 bits per heavy atom. The Labute approximate surface area is 94.2 Å². The average Bonchev–Trinajstić information content (AvgIpc) is 2.64. The lowest BCUT2D eigenvalue weighted by atomic mass is 9.92. The Hall–Kier alpha value is -0.0400. The Morgan fingerprint density at radius 1 is 1.13 bits per heavy atom. The largest absolute Gasteiger partial charge is 0.302 e. The SMILES string of the molecule is CC(C)C1(CN2CC3CCCC3C2)CC1. The Morgan fingerprint density at radius 3 is 2.20 bits per heavy atom. The van der Waals surface area contributed by atoms with E-state index in [0.29, 0.717) is 0 Å². The summed E-state index contributed by atoms with van der Waals surface area (Å²) in [4.78, 5) is 2.79. The molecule has 3 aliphatic rings. The van der Waals surface area contributed by atoms with Crippen molar-refractivity contribution < 1.29 is 0 Å². The van der Waals surface area contributed by atoms with E-state index in [1.807, 2.05) is 0 Å². The van der Waals surface area contributed by atoms with Crippen LogP contribution in [0.15, 0.2) is 0 Å². The number of likely N-dealkylation sites (tertiary alicyclic amines) is 1. The van der Waals surface area contributed by atoms with Crippen molar-refractivity contribution in [2.75, 3.05) is 19.6 Å². The van der Waals surface area contributed by atoms with Crippen LogP contribution >= 0.6 is 0 Å². The molecule has 2 unspecified atom stereocenters. The summed E-state index contributed by atoms with van der Waals surface area (Å²) in [6, 6.07) is 0. The standard InChI is InChI=1S/C14H25N/c1-11(2)14(6-7-14)10-15-8-12-4-3-5-13(12)9-15/h11-13H,3-10H2,1-2H3. The Bertz CT molecular complexity index is 230. The highest BCUT2D eigenvalue weighted by Crippen LogP contribution is 2.53. The van der Waals surface area contributed by atoms with Crippen LogP contribution in [-0.4, -0.2) is 24.5 Å². The zero-order chi connectivity index (χ0) is 10.5. The molecule has 0 aromatic rings. The van der Waals surface area contributed by atoms with Crippen LogP contribution in [0.4, 0.5) is 0 Å². The molecule has 0 N–H and O–H groups in total. The van der Waals surface area contributed by atoms with E-state index < -0.39 is 0 Å². The highest BCUT2D eigenvalue weighted by atomic mass is 15.2. The fourth-order valence-electron chi connectivity index (χ4n) is 3.99. The number of hydrogen-bond acceptors (Lipinski definition) is 1. The predicted octanol–water partition coefficient (Wildman–Crippen LogP) is 3.15. The average molecular weight is 207 g/mol. The highest BCUT2D eigenvalue weighted by molar-refractivity contribution is 5.00. The van der Waals surface area contributed by atoms with E-state index in [0.717, 1.165) is 23.2 Å². The first-order valence-corrected chi connectivity index (χ1v) is 6.92. The normalized spacial score (nSPS) is 38.6. The minimum Gasteiger partial charge on any atom is -0.302 e. The third-order valence-corrected chi connectivity index (χ3v) is 5.46. The van der Waals surface area contributed by atoms with Crippen LogP contribution in [0.3, 0.4) is 0 Å². The van der Waals surface area contributed by atoms with Gasteiger partial charge in [-0.1, -0.05) is 20.3 Å². The van der Waals surface area contributed by atoms with E-state index in [1.54, 1.807) is 0 Å². The maximum atomic E-state index is 2.79. The summed E-state index contributed by atoms with van der Waals surface area (Å²) in [5.41, 5.74) is 0.735. The van der Waals surface area contributed by atoms with Gasteiger partial charge in [0.1, 0.15) is 0 Å². The van der Waals surface area contributed by atoms with Crippen LogP contribution in [0.5, 0.6) is 0 Å². The summed E-state index contributed by atoms with van der Waals surface area (Å²) in [5, 5.41) is 0. The van der Waals surface area contributed by atoms with Gasteiger partial charge in [-0.15, -0.1) is 0 Å². The van der Waals surface area contributed by atoms with Crippen LogP contribution in [0.25, 0.3) is 0 Å². The molecule has 1 aliphatic heterocycles. The molecule has 0 spiro atoms. The predicted molar refractivity (Wildman–Crippen MR) is 63.8 cm³/mol. The maximum absolute atomic E-state index is 2.79. The van der Waals surface area contributed by atoms with E-state index in [4.69, 9.17) is 0 Å². The molecule has 15 heavy (non-hydrogen) atoms. The van der Waals surface area contributed by atoms with Crippen molar-refractivity contribution >= 4 is 0 Å². The van der Waals surface area contributed by atoms with E-state index in [2.05, 4.69) is 18.7 Å². The van der Waals surface area contributed by atoms with Crippen molar-refractivity contribution in [3.8, 4) is 0 Å². The third kappa shape index (κ3) is 1.73. The molecule has 0 radical (unpaired) electrons. The van der Waals surface area contributed by atoms with Crippen LogP contribution in [0.1, 0.15) is 46.0 Å². The molecule has 0 amide bonds. The van der Waals surface area contributed by atoms with Crippen LogP contribution in [0.2, 0.25) is 0 Å². The molecule has 1 heterocycles. The Balaban J connectivity index is 1.57. The second-order valence-electron chi connectivity index (χ2n) is 6.66. The summed E-state index contributed by atoms with van der Waals surface area (Å²) in [5.74, 6) is 3.05. The molecule has 1 heteroatoms. The first-order chi connectivity index (χ1) is 7.20. The number of rotatable bonds is 3. The minimum absolute atomic E-state index is 0.735. The van der Waals surface area contributed by atoms with Crippen LogP contribution in [-0.2, 0) is 0 Å². The molecule has 2 saturated carbocycles. The molecule has 3 rings (SSSR count). The van der Waals surface area contributed by atoms with Crippen molar-refractivity contribution in [1.82, 2.24) is 4.90 Å². The van der Waals surface area contributed by atoms with Gasteiger partial charge in [-0.05, 0) is 48.9 Å². The number of hydrogen-bond donors (Lipinski definition) is 0. The maximum Gasteiger partial charge on any atom is 0.00407 e. The Kier molecular flexibility index (Phi) is 2.35. The second-order valence-corrected chi connectivity index (χ2v) is 6.66. The topological polar surface area (TPSA) is 3.24 Å². The second kappa shape index (κ2) is 3.48. The van der Waals surface area contributed by atoms with Gasteiger partial charge in [0.25, 0.3) is 0 Å². The van der Waals surface area contributed by atoms with Crippen LogP contribution in [0, 0.1) is 23.2 Å². The molecule has 0 aromatic heterocycles. The molecular weight excluding hydrogens is 182 g/mol. The monoisotopic (exact) mass is 207 g/mol. The molecule has 0 bridgehead atoms. The highest BCUT2D eigenvalue weighted by Gasteiger charge is 2.48. The molecular formula is C14H25N. The van der Waals surface area contributed by atoms with E-state index in [9.17, 15) is 0 Å². The third-order valence-electron chi connectivity index (χ3n) is 5.46. The van der Waals surface area contributed by atoms with Crippen LogP contribution < -0.4 is 0 Å². The number of nitrogens with zero attached hydrogens (tertiary/aromatic N) is 1. The van der Waals surface area contributed by atoms with Gasteiger partial charge in [0.15, 0.2) is 0 Å². The zero-order valence-corrected chi connectivity index (χ0v) is 10.3. The summed E-state index contributed by atoms with van der Waals surface area (Å²) >= 11 is 0. The first-order valence-electron chi connectivity index (χ1n) is 6.92. The molecule has 1 saturated heterocycles.